The number of anilines is 9. The van der Waals surface area contributed by atoms with Gasteiger partial charge in [-0.05, 0) is 192 Å². The fourth-order valence-corrected chi connectivity index (χ4v) is 14.0. The molecule has 14 rings (SSSR count). The van der Waals surface area contributed by atoms with Crippen molar-refractivity contribution in [2.75, 3.05) is 14.7 Å². The smallest absolute Gasteiger partial charge is 0.252 e. The Bertz CT molecular complexity index is 4700. The average molecular weight is 1160 g/mol. The summed E-state index contributed by atoms with van der Waals surface area (Å²) in [5, 5.41) is 2.26. The summed E-state index contributed by atoms with van der Waals surface area (Å²) in [7, 11) is 0. The Morgan fingerprint density at radius 1 is 0.360 bits per heavy atom. The molecule has 89 heavy (non-hydrogen) atoms. The van der Waals surface area contributed by atoms with E-state index in [0.29, 0.717) is 0 Å². The van der Waals surface area contributed by atoms with Crippen molar-refractivity contribution in [1.82, 2.24) is 0 Å². The van der Waals surface area contributed by atoms with Crippen molar-refractivity contribution in [1.29, 1.82) is 0 Å². The summed E-state index contributed by atoms with van der Waals surface area (Å²) in [6, 6.07) is 87.2. The topological polar surface area (TPSA) is 22.9 Å². The maximum atomic E-state index is 6.75. The first-order valence-electron chi connectivity index (χ1n) is 31.8. The van der Waals surface area contributed by atoms with Gasteiger partial charge >= 0.3 is 0 Å². The van der Waals surface area contributed by atoms with E-state index in [4.69, 9.17) is 4.42 Å². The number of hydrogen-bond acceptors (Lipinski definition) is 4. The van der Waals surface area contributed by atoms with Crippen molar-refractivity contribution in [2.24, 2.45) is 0 Å². The molecule has 2 aliphatic rings. The van der Waals surface area contributed by atoms with Gasteiger partial charge in [0.05, 0.1) is 11.4 Å². The number of rotatable bonds is 8. The van der Waals surface area contributed by atoms with Gasteiger partial charge in [-0.2, -0.15) is 0 Å². The highest BCUT2D eigenvalue weighted by Gasteiger charge is 2.45. The van der Waals surface area contributed by atoms with Crippen LogP contribution in [0, 0.1) is 13.8 Å². The maximum absolute atomic E-state index is 6.75. The average Bonchev–Trinajstić information content (AvgIpc) is 0.940. The number of hydrogen-bond donors (Lipinski definition) is 0. The van der Waals surface area contributed by atoms with Crippen molar-refractivity contribution in [2.45, 2.75) is 119 Å². The molecule has 0 spiro atoms. The van der Waals surface area contributed by atoms with Crippen LogP contribution in [-0.2, 0) is 21.7 Å². The lowest BCUT2D eigenvalue weighted by Crippen LogP contribution is -2.61. The molecule has 0 atom stereocenters. The van der Waals surface area contributed by atoms with Crippen LogP contribution in [0.3, 0.4) is 0 Å². The van der Waals surface area contributed by atoms with E-state index < -0.39 is 0 Å². The predicted molar refractivity (Wildman–Crippen MR) is 383 cm³/mol. The van der Waals surface area contributed by atoms with Gasteiger partial charge in [0, 0.05) is 61.7 Å². The second kappa shape index (κ2) is 21.2. The molecule has 11 aromatic carbocycles. The van der Waals surface area contributed by atoms with E-state index in [-0.39, 0.29) is 28.4 Å². The summed E-state index contributed by atoms with van der Waals surface area (Å²) in [5.74, 6) is 0. The minimum atomic E-state index is -0.212. The van der Waals surface area contributed by atoms with Crippen molar-refractivity contribution in [3.8, 4) is 33.4 Å². The Hall–Kier alpha value is -9.32. The third kappa shape index (κ3) is 10.0. The molecule has 0 amide bonds. The first-order valence-corrected chi connectivity index (χ1v) is 31.8. The van der Waals surface area contributed by atoms with Crippen LogP contribution in [0.15, 0.2) is 235 Å². The normalized spacial score (nSPS) is 13.2. The molecule has 0 aliphatic carbocycles. The van der Waals surface area contributed by atoms with E-state index in [9.17, 15) is 0 Å². The lowest BCUT2D eigenvalue weighted by Gasteiger charge is -2.46. The van der Waals surface area contributed by atoms with E-state index in [1.54, 1.807) is 0 Å². The van der Waals surface area contributed by atoms with Gasteiger partial charge in [0.1, 0.15) is 11.2 Å². The van der Waals surface area contributed by atoms with Crippen molar-refractivity contribution in [3.05, 3.63) is 264 Å². The molecule has 0 fully saturated rings. The Morgan fingerprint density at radius 3 is 1.58 bits per heavy atom. The van der Waals surface area contributed by atoms with Crippen LogP contribution in [0.25, 0.3) is 55.3 Å². The molecule has 2 aliphatic heterocycles. The fourth-order valence-electron chi connectivity index (χ4n) is 14.0. The van der Waals surface area contributed by atoms with Crippen molar-refractivity contribution >= 4 is 96.2 Å². The zero-order valence-electron chi connectivity index (χ0n) is 54.3. The van der Waals surface area contributed by atoms with Crippen LogP contribution >= 0.6 is 0 Å². The molecule has 4 nitrogen and oxygen atoms in total. The van der Waals surface area contributed by atoms with Gasteiger partial charge in [-0.15, -0.1) is 0 Å². The third-order valence-electron chi connectivity index (χ3n) is 18.9. The van der Waals surface area contributed by atoms with E-state index in [0.717, 1.165) is 61.5 Å². The predicted octanol–water partition coefficient (Wildman–Crippen LogP) is 21.9. The Balaban J connectivity index is 1.07. The first kappa shape index (κ1) is 57.4. The fraction of sp³-hybridized carbons (Fsp3) is 0.214. The van der Waals surface area contributed by atoms with Crippen LogP contribution in [0.2, 0.25) is 0 Å². The van der Waals surface area contributed by atoms with E-state index in [1.165, 1.54) is 94.8 Å². The van der Waals surface area contributed by atoms with Crippen LogP contribution in [0.5, 0.6) is 0 Å². The van der Waals surface area contributed by atoms with Crippen LogP contribution in [-0.4, -0.2) is 6.71 Å². The summed E-state index contributed by atoms with van der Waals surface area (Å²) < 4.78 is 6.75. The molecule has 0 bridgehead atoms. The van der Waals surface area contributed by atoms with Crippen molar-refractivity contribution in [3.63, 3.8) is 0 Å². The van der Waals surface area contributed by atoms with Gasteiger partial charge in [0.2, 0.25) is 0 Å². The number of para-hydroxylation sites is 3. The summed E-state index contributed by atoms with van der Waals surface area (Å²) in [6.07, 6.45) is 0. The van der Waals surface area contributed by atoms with Gasteiger partial charge in [0.25, 0.3) is 6.71 Å². The van der Waals surface area contributed by atoms with E-state index in [2.05, 4.69) is 342 Å². The van der Waals surface area contributed by atoms with E-state index in [1.807, 2.05) is 0 Å². The molecule has 3 heterocycles. The van der Waals surface area contributed by atoms with Crippen LogP contribution in [0.4, 0.5) is 51.2 Å². The molecule has 1 aromatic heterocycles. The van der Waals surface area contributed by atoms with Crippen molar-refractivity contribution < 1.29 is 4.42 Å². The highest BCUT2D eigenvalue weighted by Crippen LogP contribution is 2.51. The minimum absolute atomic E-state index is 0.00577. The SMILES string of the molecule is Cc1cc(-c2cccc3c2oc2ccccc23)cc(C)c1N1c2cc(N(c3ccccc3)c3ccc(C(C)(C)C)cc3-c3ccccc3)ccc2B2c3cc(-c4ccc(C(C)(C)C)cc4)ccc3N(c3ccc(C(C)(C)C)cc3)c3cc(C(C)(C)C)cc1c32. The van der Waals surface area contributed by atoms with Gasteiger partial charge in [-0.25, -0.2) is 0 Å². The van der Waals surface area contributed by atoms with E-state index >= 15 is 0 Å². The summed E-state index contributed by atoms with van der Waals surface area (Å²) in [5.41, 5.74) is 30.2. The van der Waals surface area contributed by atoms with Gasteiger partial charge in [-0.3, -0.25) is 0 Å². The Morgan fingerprint density at radius 2 is 0.933 bits per heavy atom. The zero-order valence-corrected chi connectivity index (χ0v) is 54.3. The monoisotopic (exact) mass is 1160 g/mol. The minimum Gasteiger partial charge on any atom is -0.455 e. The number of aryl methyl sites for hydroxylation is 2. The molecule has 0 radical (unpaired) electrons. The molecule has 0 saturated carbocycles. The molecule has 0 saturated heterocycles. The standard InChI is InChI=1S/C84H80BN3O/c1-53-46-58(66-29-23-30-68-67-28-21-22-31-77(67)89-80(66)68)47-54(2)79(53)88-74-52-65(86(63-26-19-16-20-27-63)72-45-39-61(83(9,10)11)49-69(72)56-24-17-15-18-25-56)42-43-70(74)85-71-48-57(55-32-35-59(36-33-55)81(3,4)5)34-44-73(71)87(64-40-37-60(38-41-64)82(6,7)8)75-50-62(84(12,13)14)51-76(88)78(75)85/h15-52H,1-14H3. The number of benzene rings is 11. The highest BCUT2D eigenvalue weighted by molar-refractivity contribution is 7.00. The van der Waals surface area contributed by atoms with Gasteiger partial charge in [0.15, 0.2) is 0 Å². The molecule has 5 heteroatoms. The summed E-state index contributed by atoms with van der Waals surface area (Å²) in [6.45, 7) is 32.3. The highest BCUT2D eigenvalue weighted by atomic mass is 16.3. The molecule has 12 aromatic rings. The number of nitrogens with zero attached hydrogens (tertiary/aromatic N) is 3. The molecular formula is C84H80BN3O. The second-order valence-electron chi connectivity index (χ2n) is 29.2. The third-order valence-corrected chi connectivity index (χ3v) is 18.9. The molecular weight excluding hydrogens is 1080 g/mol. The molecule has 0 unspecified atom stereocenters. The van der Waals surface area contributed by atoms with Crippen LogP contribution in [0.1, 0.15) is 116 Å². The number of fused-ring (bicyclic) bond motifs is 7. The molecule has 0 N–H and O–H groups in total. The largest absolute Gasteiger partial charge is 0.455 e. The maximum Gasteiger partial charge on any atom is 0.252 e. The summed E-state index contributed by atoms with van der Waals surface area (Å²) >= 11 is 0. The van der Waals surface area contributed by atoms with Gasteiger partial charge < -0.3 is 19.1 Å². The zero-order chi connectivity index (χ0) is 62.1. The Labute approximate surface area is 528 Å². The lowest BCUT2D eigenvalue weighted by molar-refractivity contribution is 0.590. The van der Waals surface area contributed by atoms with Gasteiger partial charge in [-0.1, -0.05) is 229 Å². The second-order valence-corrected chi connectivity index (χ2v) is 29.2. The lowest BCUT2D eigenvalue weighted by atomic mass is 9.33. The Kier molecular flexibility index (Phi) is 13.7. The molecule has 440 valence electrons. The summed E-state index contributed by atoms with van der Waals surface area (Å²) in [4.78, 5) is 7.73. The first-order chi connectivity index (χ1) is 42.5. The quantitative estimate of drug-likeness (QED) is 0.141. The van der Waals surface area contributed by atoms with Crippen LogP contribution < -0.4 is 31.1 Å². The number of furan rings is 1.